The molecule has 1 amide bonds. The zero-order valence-electron chi connectivity index (χ0n) is 13.0. The predicted molar refractivity (Wildman–Crippen MR) is 88.4 cm³/mol. The third-order valence-corrected chi connectivity index (χ3v) is 4.00. The van der Waals surface area contributed by atoms with Gasteiger partial charge in [0.1, 0.15) is 17.2 Å². The van der Waals surface area contributed by atoms with Gasteiger partial charge in [-0.2, -0.15) is 0 Å². The van der Waals surface area contributed by atoms with Gasteiger partial charge in [0.15, 0.2) is 0 Å². The summed E-state index contributed by atoms with van der Waals surface area (Å²) in [6.07, 6.45) is 1.16. The number of benzene rings is 2. The molecular formula is C18H14F2N2O2. The van der Waals surface area contributed by atoms with Crippen molar-refractivity contribution >= 4 is 22.5 Å². The molecule has 1 heterocycles. The van der Waals surface area contributed by atoms with Crippen molar-refractivity contribution < 1.29 is 13.6 Å². The second kappa shape index (κ2) is 5.88. The lowest BCUT2D eigenvalue weighted by molar-refractivity contribution is 0.102. The van der Waals surface area contributed by atoms with Crippen molar-refractivity contribution in [3.8, 4) is 0 Å². The predicted octanol–water partition coefficient (Wildman–Crippen LogP) is 3.68. The molecule has 0 unspecified atom stereocenters. The number of carbonyl (C=O) groups excluding carboxylic acids is 1. The summed E-state index contributed by atoms with van der Waals surface area (Å²) in [5, 5.41) is 2.31. The summed E-state index contributed by atoms with van der Waals surface area (Å²) in [6, 6.07) is 7.02. The minimum Gasteiger partial charge on any atom is -0.360 e. The van der Waals surface area contributed by atoms with Gasteiger partial charge in [-0.1, -0.05) is 12.1 Å². The maximum atomic E-state index is 13.9. The van der Waals surface area contributed by atoms with Gasteiger partial charge >= 0.3 is 0 Å². The van der Waals surface area contributed by atoms with E-state index in [4.69, 9.17) is 0 Å². The van der Waals surface area contributed by atoms with Crippen LogP contribution in [0, 0.1) is 25.5 Å². The second-order valence-corrected chi connectivity index (χ2v) is 5.54. The number of anilines is 1. The summed E-state index contributed by atoms with van der Waals surface area (Å²) in [4.78, 5) is 27.4. The van der Waals surface area contributed by atoms with Crippen LogP contribution in [0.4, 0.5) is 14.5 Å². The van der Waals surface area contributed by atoms with Crippen LogP contribution in [-0.4, -0.2) is 10.9 Å². The number of aromatic nitrogens is 1. The van der Waals surface area contributed by atoms with Crippen LogP contribution in [0.1, 0.15) is 21.5 Å². The Morgan fingerprint density at radius 2 is 1.92 bits per heavy atom. The van der Waals surface area contributed by atoms with E-state index in [0.717, 1.165) is 23.4 Å². The fraction of sp³-hybridized carbons (Fsp3) is 0.111. The van der Waals surface area contributed by atoms with Crippen molar-refractivity contribution in [2.24, 2.45) is 0 Å². The summed E-state index contributed by atoms with van der Waals surface area (Å²) in [7, 11) is 0. The lowest BCUT2D eigenvalue weighted by atomic mass is 10.1. The zero-order chi connectivity index (χ0) is 17.4. The summed E-state index contributed by atoms with van der Waals surface area (Å²) in [5.74, 6) is -2.47. The standard InChI is InChI=1S/C18H14F2N2O2/c1-9-4-3-5-14(10(9)2)22-18(24)12-8-21-15-7-11(19)6-13(20)16(15)17(12)23/h3-8H,1-2H3,(H,21,23)(H,22,24). The molecule has 0 spiro atoms. The molecule has 0 fully saturated rings. The molecule has 3 rings (SSSR count). The second-order valence-electron chi connectivity index (χ2n) is 5.54. The molecule has 1 aromatic heterocycles. The van der Waals surface area contributed by atoms with E-state index in [1.54, 1.807) is 12.1 Å². The Bertz CT molecular complexity index is 1030. The van der Waals surface area contributed by atoms with Crippen molar-refractivity contribution in [2.75, 3.05) is 5.32 Å². The molecule has 2 N–H and O–H groups in total. The van der Waals surface area contributed by atoms with Gasteiger partial charge in [0.05, 0.1) is 10.9 Å². The van der Waals surface area contributed by atoms with Crippen LogP contribution in [-0.2, 0) is 0 Å². The van der Waals surface area contributed by atoms with Gasteiger partial charge in [-0.05, 0) is 37.1 Å². The average Bonchev–Trinajstić information content (AvgIpc) is 2.51. The molecule has 3 aromatic rings. The number of amides is 1. The first kappa shape index (κ1) is 15.9. The van der Waals surface area contributed by atoms with Crippen LogP contribution < -0.4 is 10.7 Å². The molecule has 0 aliphatic rings. The highest BCUT2D eigenvalue weighted by atomic mass is 19.1. The first-order valence-corrected chi connectivity index (χ1v) is 7.26. The number of pyridine rings is 1. The smallest absolute Gasteiger partial charge is 0.261 e. The molecule has 0 saturated heterocycles. The SMILES string of the molecule is Cc1cccc(NC(=O)c2c[nH]c3cc(F)cc(F)c3c2=O)c1C. The number of hydrogen-bond acceptors (Lipinski definition) is 2. The normalized spacial score (nSPS) is 10.8. The molecule has 24 heavy (non-hydrogen) atoms. The Hall–Kier alpha value is -3.02. The molecule has 122 valence electrons. The first-order chi connectivity index (χ1) is 11.4. The van der Waals surface area contributed by atoms with Gasteiger partial charge in [-0.25, -0.2) is 8.78 Å². The Morgan fingerprint density at radius 1 is 1.17 bits per heavy atom. The van der Waals surface area contributed by atoms with Crippen molar-refractivity contribution in [1.82, 2.24) is 4.98 Å². The van der Waals surface area contributed by atoms with Gasteiger partial charge in [-0.15, -0.1) is 0 Å². The minimum atomic E-state index is -1.01. The number of rotatable bonds is 2. The molecule has 0 bridgehead atoms. The van der Waals surface area contributed by atoms with Gasteiger partial charge in [0, 0.05) is 18.0 Å². The van der Waals surface area contributed by atoms with E-state index in [1.165, 1.54) is 0 Å². The Balaban J connectivity index is 2.06. The summed E-state index contributed by atoms with van der Waals surface area (Å²) in [6.45, 7) is 3.75. The number of H-pyrrole nitrogens is 1. The van der Waals surface area contributed by atoms with Gasteiger partial charge in [0.2, 0.25) is 5.43 Å². The van der Waals surface area contributed by atoms with Crippen LogP contribution >= 0.6 is 0 Å². The molecule has 0 aliphatic heterocycles. The van der Waals surface area contributed by atoms with E-state index >= 15 is 0 Å². The monoisotopic (exact) mass is 328 g/mol. The third kappa shape index (κ3) is 2.67. The number of carbonyl (C=O) groups is 1. The van der Waals surface area contributed by atoms with E-state index in [2.05, 4.69) is 10.3 Å². The highest BCUT2D eigenvalue weighted by molar-refractivity contribution is 6.06. The molecule has 0 aliphatic carbocycles. The molecule has 0 saturated carbocycles. The Kier molecular flexibility index (Phi) is 3.89. The maximum absolute atomic E-state index is 13.9. The molecule has 6 heteroatoms. The van der Waals surface area contributed by atoms with Crippen molar-refractivity contribution in [2.45, 2.75) is 13.8 Å². The molecule has 2 aromatic carbocycles. The van der Waals surface area contributed by atoms with E-state index in [1.807, 2.05) is 19.9 Å². The summed E-state index contributed by atoms with van der Waals surface area (Å²) >= 11 is 0. The largest absolute Gasteiger partial charge is 0.360 e. The molecule has 4 nitrogen and oxygen atoms in total. The Morgan fingerprint density at radius 3 is 2.67 bits per heavy atom. The van der Waals surface area contributed by atoms with E-state index < -0.39 is 23.0 Å². The number of aromatic amines is 1. The van der Waals surface area contributed by atoms with Crippen LogP contribution in [0.15, 0.2) is 41.3 Å². The minimum absolute atomic E-state index is 0.000728. The van der Waals surface area contributed by atoms with Gasteiger partial charge in [0.25, 0.3) is 5.91 Å². The highest BCUT2D eigenvalue weighted by Gasteiger charge is 2.17. The lowest BCUT2D eigenvalue weighted by Gasteiger charge is -2.10. The van der Waals surface area contributed by atoms with Crippen LogP contribution in [0.25, 0.3) is 10.9 Å². The molecule has 0 atom stereocenters. The van der Waals surface area contributed by atoms with Crippen molar-refractivity contribution in [3.05, 3.63) is 75.1 Å². The van der Waals surface area contributed by atoms with E-state index in [-0.39, 0.29) is 16.5 Å². The van der Waals surface area contributed by atoms with Crippen molar-refractivity contribution in [3.63, 3.8) is 0 Å². The van der Waals surface area contributed by atoms with Crippen LogP contribution in [0.3, 0.4) is 0 Å². The number of aryl methyl sites for hydroxylation is 1. The first-order valence-electron chi connectivity index (χ1n) is 7.26. The lowest BCUT2D eigenvalue weighted by Crippen LogP contribution is -2.23. The quantitative estimate of drug-likeness (QED) is 0.754. The number of hydrogen-bond donors (Lipinski definition) is 2. The zero-order valence-corrected chi connectivity index (χ0v) is 13.0. The van der Waals surface area contributed by atoms with E-state index in [9.17, 15) is 18.4 Å². The molecular weight excluding hydrogens is 314 g/mol. The number of fused-ring (bicyclic) bond motifs is 1. The number of halogens is 2. The highest BCUT2D eigenvalue weighted by Crippen LogP contribution is 2.19. The fourth-order valence-corrected chi connectivity index (χ4v) is 2.51. The fourth-order valence-electron chi connectivity index (χ4n) is 2.51. The topological polar surface area (TPSA) is 62.0 Å². The van der Waals surface area contributed by atoms with Gasteiger partial charge in [-0.3, -0.25) is 9.59 Å². The number of nitrogens with one attached hydrogen (secondary N) is 2. The van der Waals surface area contributed by atoms with Crippen molar-refractivity contribution in [1.29, 1.82) is 0 Å². The molecule has 0 radical (unpaired) electrons. The summed E-state index contributed by atoms with van der Waals surface area (Å²) in [5.41, 5.74) is 1.40. The summed E-state index contributed by atoms with van der Waals surface area (Å²) < 4.78 is 27.1. The van der Waals surface area contributed by atoms with Crippen LogP contribution in [0.5, 0.6) is 0 Å². The Labute approximate surface area is 136 Å². The van der Waals surface area contributed by atoms with Crippen LogP contribution in [0.2, 0.25) is 0 Å². The maximum Gasteiger partial charge on any atom is 0.261 e. The third-order valence-electron chi connectivity index (χ3n) is 4.00. The van der Waals surface area contributed by atoms with Gasteiger partial charge < -0.3 is 10.3 Å². The van der Waals surface area contributed by atoms with E-state index in [0.29, 0.717) is 11.8 Å². The average molecular weight is 328 g/mol.